The molecule has 15 aromatic carbocycles. The van der Waals surface area contributed by atoms with E-state index in [0.717, 1.165) is 34.1 Å². The minimum absolute atomic E-state index is 0.253. The van der Waals surface area contributed by atoms with Crippen molar-refractivity contribution in [3.63, 3.8) is 0 Å². The first-order valence-electron chi connectivity index (χ1n) is 30.5. The maximum atomic E-state index is 2.65. The second kappa shape index (κ2) is 18.4. The van der Waals surface area contributed by atoms with Crippen LogP contribution in [0.5, 0.6) is 0 Å². The lowest BCUT2D eigenvalue weighted by atomic mass is 9.68. The molecule has 87 heavy (non-hydrogen) atoms. The number of rotatable bonds is 8. The fraction of sp³-hybridized carbons (Fsp3) is 0.0714. The van der Waals surface area contributed by atoms with Crippen molar-refractivity contribution in [2.45, 2.75) is 38.5 Å². The van der Waals surface area contributed by atoms with Crippen molar-refractivity contribution in [2.24, 2.45) is 0 Å². The van der Waals surface area contributed by atoms with Crippen LogP contribution in [0.1, 0.15) is 49.9 Å². The van der Waals surface area contributed by atoms with Crippen LogP contribution in [-0.2, 0) is 10.8 Å². The maximum Gasteiger partial charge on any atom is 0.0582 e. The fourth-order valence-electron chi connectivity index (χ4n) is 15.1. The smallest absolute Gasteiger partial charge is 0.0582 e. The van der Waals surface area contributed by atoms with Crippen LogP contribution in [0.15, 0.2) is 285 Å². The highest BCUT2D eigenvalue weighted by Gasteiger charge is 2.44. The highest BCUT2D eigenvalue weighted by atomic mass is 15.1. The van der Waals surface area contributed by atoms with Crippen LogP contribution in [0.4, 0.5) is 34.1 Å². The molecule has 410 valence electrons. The normalized spacial score (nSPS) is 13.7. The van der Waals surface area contributed by atoms with Crippen molar-refractivity contribution >= 4 is 121 Å². The molecule has 0 bridgehead atoms. The van der Waals surface area contributed by atoms with Gasteiger partial charge in [-0.3, -0.25) is 0 Å². The molecule has 0 radical (unpaired) electrons. The minimum atomic E-state index is -0.253. The number of para-hydroxylation sites is 1. The van der Waals surface area contributed by atoms with Gasteiger partial charge in [-0.05, 0) is 218 Å². The molecule has 18 rings (SSSR count). The minimum Gasteiger partial charge on any atom is -0.310 e. The number of nitrogens with zero attached hydrogens (tertiary/aromatic N) is 3. The van der Waals surface area contributed by atoms with Crippen LogP contribution in [0, 0.1) is 0 Å². The molecule has 0 fully saturated rings. The lowest BCUT2D eigenvalue weighted by Gasteiger charge is -2.42. The maximum absolute atomic E-state index is 2.65. The van der Waals surface area contributed by atoms with Crippen molar-refractivity contribution in [3.8, 4) is 27.9 Å². The Labute approximate surface area is 505 Å². The number of hydrogen-bond donors (Lipinski definition) is 0. The Morgan fingerprint density at radius 3 is 0.839 bits per heavy atom. The van der Waals surface area contributed by atoms with E-state index < -0.39 is 0 Å². The third-order valence-corrected chi connectivity index (χ3v) is 19.7. The second-order valence-corrected chi connectivity index (χ2v) is 25.4. The van der Waals surface area contributed by atoms with Crippen LogP contribution >= 0.6 is 0 Å². The van der Waals surface area contributed by atoms with E-state index in [9.17, 15) is 0 Å². The summed E-state index contributed by atoms with van der Waals surface area (Å²) < 4.78 is 2.65. The zero-order valence-corrected chi connectivity index (χ0v) is 49.0. The van der Waals surface area contributed by atoms with Crippen LogP contribution in [0.25, 0.3) is 114 Å². The van der Waals surface area contributed by atoms with Gasteiger partial charge >= 0.3 is 0 Å². The molecule has 0 saturated carbocycles. The summed E-state index contributed by atoms with van der Waals surface area (Å²) in [6.45, 7) is 9.77. The largest absolute Gasteiger partial charge is 0.310 e. The second-order valence-electron chi connectivity index (χ2n) is 25.4. The Morgan fingerprint density at radius 1 is 0.230 bits per heavy atom. The molecule has 0 N–H and O–H groups in total. The number of anilines is 6. The summed E-state index contributed by atoms with van der Waals surface area (Å²) in [5, 5.41) is 17.2. The van der Waals surface area contributed by atoms with E-state index in [4.69, 9.17) is 0 Å². The Morgan fingerprint density at radius 2 is 0.506 bits per heavy atom. The van der Waals surface area contributed by atoms with Gasteiger partial charge in [-0.15, -0.1) is 0 Å². The molecule has 2 aliphatic rings. The molecule has 0 unspecified atom stereocenters. The fourth-order valence-corrected chi connectivity index (χ4v) is 15.1. The zero-order valence-electron chi connectivity index (χ0n) is 49.0. The SMILES string of the molecule is CC1(C)c2cccc3c2-n2c4c1cc(-c1ccc5cc(N(c6ccc7ccccc7c6)c6ccc7ccccc7c6)ccc5c1)cc4c1cc(-c4ccc5cc(N(c6ccc7ccccc7c6)c6ccc7ccccc7c6)ccc5c4)cc(c12)C3(C)C. The van der Waals surface area contributed by atoms with E-state index in [1.807, 2.05) is 0 Å². The summed E-state index contributed by atoms with van der Waals surface area (Å²) in [4.78, 5) is 4.82. The molecule has 0 atom stereocenters. The van der Waals surface area contributed by atoms with Gasteiger partial charge in [0.1, 0.15) is 0 Å². The first-order chi connectivity index (χ1) is 42.6. The van der Waals surface area contributed by atoms with E-state index in [2.05, 4.69) is 327 Å². The average Bonchev–Trinajstić information content (AvgIpc) is 1.56. The molecule has 0 spiro atoms. The molecular weight excluding hydrogens is 1050 g/mol. The predicted octanol–water partition coefficient (Wildman–Crippen LogP) is 23.3. The third-order valence-electron chi connectivity index (χ3n) is 19.7. The Hall–Kier alpha value is -10.7. The van der Waals surface area contributed by atoms with Gasteiger partial charge in [0.2, 0.25) is 0 Å². The Kier molecular flexibility index (Phi) is 10.5. The molecule has 3 nitrogen and oxygen atoms in total. The van der Waals surface area contributed by atoms with Crippen molar-refractivity contribution in [3.05, 3.63) is 307 Å². The Balaban J connectivity index is 0.771. The molecule has 2 aliphatic heterocycles. The van der Waals surface area contributed by atoms with Gasteiger partial charge in [-0.1, -0.05) is 204 Å². The summed E-state index contributed by atoms with van der Waals surface area (Å²) in [6.07, 6.45) is 0. The molecule has 16 aromatic rings. The summed E-state index contributed by atoms with van der Waals surface area (Å²) in [5.41, 5.74) is 20.7. The van der Waals surface area contributed by atoms with Crippen molar-refractivity contribution in [1.29, 1.82) is 0 Å². The molecule has 3 heteroatoms. The summed E-state index contributed by atoms with van der Waals surface area (Å²) in [5.74, 6) is 0. The van der Waals surface area contributed by atoms with Crippen LogP contribution in [0.2, 0.25) is 0 Å². The van der Waals surface area contributed by atoms with Crippen molar-refractivity contribution < 1.29 is 0 Å². The molecule has 0 aliphatic carbocycles. The summed E-state index contributed by atoms with van der Waals surface area (Å²) >= 11 is 0. The molecule has 0 saturated heterocycles. The van der Waals surface area contributed by atoms with Gasteiger partial charge in [-0.25, -0.2) is 0 Å². The van der Waals surface area contributed by atoms with Gasteiger partial charge in [-0.2, -0.15) is 0 Å². The van der Waals surface area contributed by atoms with Gasteiger partial charge in [0.15, 0.2) is 0 Å². The molecule has 1 aromatic heterocycles. The average molecular weight is 1110 g/mol. The summed E-state index contributed by atoms with van der Waals surface area (Å²) in [7, 11) is 0. The third kappa shape index (κ3) is 7.55. The number of benzene rings is 15. The van der Waals surface area contributed by atoms with Crippen molar-refractivity contribution in [1.82, 2.24) is 4.57 Å². The van der Waals surface area contributed by atoms with Gasteiger partial charge in [0.05, 0.1) is 16.7 Å². The monoisotopic (exact) mass is 1110 g/mol. The number of aromatic nitrogens is 1. The van der Waals surface area contributed by atoms with Crippen LogP contribution in [0.3, 0.4) is 0 Å². The lowest BCUT2D eigenvalue weighted by Crippen LogP contribution is -2.33. The van der Waals surface area contributed by atoms with E-state index in [-0.39, 0.29) is 10.8 Å². The number of hydrogen-bond acceptors (Lipinski definition) is 2. The first kappa shape index (κ1) is 49.7. The molecular formula is C84H59N3. The van der Waals surface area contributed by atoms with E-state index in [1.54, 1.807) is 0 Å². The highest BCUT2D eigenvalue weighted by molar-refractivity contribution is 6.16. The van der Waals surface area contributed by atoms with E-state index in [1.165, 1.54) is 137 Å². The topological polar surface area (TPSA) is 11.4 Å². The van der Waals surface area contributed by atoms with Crippen molar-refractivity contribution in [2.75, 3.05) is 9.80 Å². The molecule has 0 amide bonds. The quantitative estimate of drug-likeness (QED) is 0.150. The van der Waals surface area contributed by atoms with Gasteiger partial charge < -0.3 is 14.4 Å². The first-order valence-corrected chi connectivity index (χ1v) is 30.5. The van der Waals surface area contributed by atoms with Crippen LogP contribution < -0.4 is 9.80 Å². The molecule has 3 heterocycles. The van der Waals surface area contributed by atoms with Crippen LogP contribution in [-0.4, -0.2) is 4.57 Å². The highest BCUT2D eigenvalue weighted by Crippen LogP contribution is 2.57. The lowest BCUT2D eigenvalue weighted by molar-refractivity contribution is 0.594. The van der Waals surface area contributed by atoms with E-state index >= 15 is 0 Å². The predicted molar refractivity (Wildman–Crippen MR) is 370 cm³/mol. The number of fused-ring (bicyclic) bond motifs is 7. The standard InChI is InChI=1S/C84H59N3/c1-83(2)76-22-13-23-77-82(76)87-80-74(48-66(50-78(80)83)62-24-26-64-46-72(38-32-60(64)40-62)85(68-34-28-52-14-5-9-18-56(52)42-68)69-35-29-53-15-6-10-19-57(53)43-69)75-49-67(51-79(81(75)87)84(77,3)4)63-25-27-65-47-73(39-33-61(65)41-63)86(70-36-30-54-16-7-11-20-58(54)44-70)71-37-31-55-17-8-12-21-59(55)45-71/h5-51H,1-4H3. The summed E-state index contributed by atoms with van der Waals surface area (Å²) in [6, 6.07) is 107. The van der Waals surface area contributed by atoms with Gasteiger partial charge in [0.25, 0.3) is 0 Å². The zero-order chi connectivity index (χ0) is 57.9. The van der Waals surface area contributed by atoms with Gasteiger partial charge in [0, 0.05) is 55.7 Å². The Bertz CT molecular complexity index is 5120. The van der Waals surface area contributed by atoms with E-state index in [0.29, 0.717) is 0 Å².